The predicted molar refractivity (Wildman–Crippen MR) is 51.6 cm³/mol. The maximum atomic E-state index is 11.7. The maximum absolute atomic E-state index is 11.7. The van der Waals surface area contributed by atoms with Crippen molar-refractivity contribution in [3.05, 3.63) is 0 Å². The van der Waals surface area contributed by atoms with Crippen LogP contribution in [0.2, 0.25) is 0 Å². The van der Waals surface area contributed by atoms with Gasteiger partial charge >= 0.3 is 0 Å². The molecule has 0 saturated heterocycles. The summed E-state index contributed by atoms with van der Waals surface area (Å²) in [7, 11) is 0. The molecular formula is C12H16O2. The standard InChI is InChI=1S/C12H16O2/c1-6-11-7(2-4-9(11)13)8-3-5-10(14)12(6)8/h6-8,11-12H,2-5H2,1H3/t6?,7-,8-,11-,12+/m1/s1. The Kier molecular flexibility index (Phi) is 1.65. The number of carbonyl (C=O) groups excluding carboxylic acids is 2. The molecule has 0 amide bonds. The van der Waals surface area contributed by atoms with Gasteiger partial charge in [0.2, 0.25) is 0 Å². The summed E-state index contributed by atoms with van der Waals surface area (Å²) < 4.78 is 0. The normalized spacial score (nSPS) is 51.1. The van der Waals surface area contributed by atoms with Gasteiger partial charge in [0.05, 0.1) is 0 Å². The van der Waals surface area contributed by atoms with E-state index in [2.05, 4.69) is 6.92 Å². The van der Waals surface area contributed by atoms with Crippen molar-refractivity contribution in [3.63, 3.8) is 0 Å². The molecule has 76 valence electrons. The molecule has 3 aliphatic carbocycles. The lowest BCUT2D eigenvalue weighted by molar-refractivity contribution is -0.124. The smallest absolute Gasteiger partial charge is 0.136 e. The van der Waals surface area contributed by atoms with Crippen molar-refractivity contribution in [1.29, 1.82) is 0 Å². The van der Waals surface area contributed by atoms with Crippen LogP contribution in [0.15, 0.2) is 0 Å². The molecule has 0 aromatic carbocycles. The van der Waals surface area contributed by atoms with Crippen molar-refractivity contribution in [2.75, 3.05) is 0 Å². The quantitative estimate of drug-likeness (QED) is 0.586. The zero-order valence-electron chi connectivity index (χ0n) is 8.53. The van der Waals surface area contributed by atoms with Gasteiger partial charge in [-0.1, -0.05) is 6.92 Å². The third kappa shape index (κ3) is 0.870. The summed E-state index contributed by atoms with van der Waals surface area (Å²) in [5.74, 6) is 2.83. The fourth-order valence-electron chi connectivity index (χ4n) is 4.34. The Morgan fingerprint density at radius 1 is 0.929 bits per heavy atom. The third-order valence-corrected chi connectivity index (χ3v) is 4.80. The molecule has 0 bridgehead atoms. The van der Waals surface area contributed by atoms with Gasteiger partial charge in [0.1, 0.15) is 11.6 Å². The number of ketones is 2. The molecule has 0 heterocycles. The number of carbonyl (C=O) groups is 2. The van der Waals surface area contributed by atoms with E-state index in [9.17, 15) is 9.59 Å². The maximum Gasteiger partial charge on any atom is 0.136 e. The van der Waals surface area contributed by atoms with Crippen LogP contribution in [0.5, 0.6) is 0 Å². The molecule has 5 atom stereocenters. The average Bonchev–Trinajstić information content (AvgIpc) is 2.74. The molecule has 0 aromatic rings. The van der Waals surface area contributed by atoms with Crippen molar-refractivity contribution in [2.45, 2.75) is 32.6 Å². The first-order chi connectivity index (χ1) is 6.70. The molecule has 0 radical (unpaired) electrons. The van der Waals surface area contributed by atoms with Crippen LogP contribution in [-0.2, 0) is 9.59 Å². The second kappa shape index (κ2) is 2.68. The summed E-state index contributed by atoms with van der Waals surface area (Å²) in [5, 5.41) is 0. The molecule has 1 unspecified atom stereocenters. The van der Waals surface area contributed by atoms with Crippen LogP contribution in [0.1, 0.15) is 32.6 Å². The highest BCUT2D eigenvalue weighted by molar-refractivity contribution is 5.89. The molecule has 3 saturated carbocycles. The molecule has 0 aromatic heterocycles. The van der Waals surface area contributed by atoms with Crippen molar-refractivity contribution in [3.8, 4) is 0 Å². The van der Waals surface area contributed by atoms with Gasteiger partial charge < -0.3 is 0 Å². The molecule has 2 nitrogen and oxygen atoms in total. The van der Waals surface area contributed by atoms with Gasteiger partial charge in [-0.05, 0) is 30.6 Å². The van der Waals surface area contributed by atoms with E-state index in [1.165, 1.54) is 0 Å². The Balaban J connectivity index is 1.97. The summed E-state index contributed by atoms with van der Waals surface area (Å²) in [6.07, 6.45) is 3.67. The Bertz CT molecular complexity index is 277. The second-order valence-corrected chi connectivity index (χ2v) is 5.25. The Morgan fingerprint density at radius 2 is 1.36 bits per heavy atom. The summed E-state index contributed by atoms with van der Waals surface area (Å²) in [6, 6.07) is 0. The van der Waals surface area contributed by atoms with E-state index in [1.807, 2.05) is 0 Å². The highest BCUT2D eigenvalue weighted by atomic mass is 16.1. The molecule has 2 heteroatoms. The topological polar surface area (TPSA) is 34.1 Å². The number of rotatable bonds is 0. The van der Waals surface area contributed by atoms with E-state index < -0.39 is 0 Å². The van der Waals surface area contributed by atoms with Crippen LogP contribution in [0.3, 0.4) is 0 Å². The molecule has 0 aliphatic heterocycles. The summed E-state index contributed by atoms with van der Waals surface area (Å²) in [5.41, 5.74) is 0. The lowest BCUT2D eigenvalue weighted by Gasteiger charge is -2.15. The van der Waals surface area contributed by atoms with E-state index in [0.29, 0.717) is 29.3 Å². The van der Waals surface area contributed by atoms with Crippen molar-refractivity contribution in [1.82, 2.24) is 0 Å². The summed E-state index contributed by atoms with van der Waals surface area (Å²) in [6.45, 7) is 2.12. The summed E-state index contributed by atoms with van der Waals surface area (Å²) >= 11 is 0. The highest BCUT2D eigenvalue weighted by Gasteiger charge is 2.57. The van der Waals surface area contributed by atoms with Crippen molar-refractivity contribution in [2.24, 2.45) is 29.6 Å². The van der Waals surface area contributed by atoms with E-state index in [-0.39, 0.29) is 11.8 Å². The fraction of sp³-hybridized carbons (Fsp3) is 0.833. The van der Waals surface area contributed by atoms with E-state index in [4.69, 9.17) is 0 Å². The van der Waals surface area contributed by atoms with Gasteiger partial charge in [-0.3, -0.25) is 9.59 Å². The van der Waals surface area contributed by atoms with Gasteiger partial charge in [0.15, 0.2) is 0 Å². The lowest BCUT2D eigenvalue weighted by Crippen LogP contribution is -2.21. The minimum atomic E-state index is 0.245. The van der Waals surface area contributed by atoms with Crippen LogP contribution >= 0.6 is 0 Å². The van der Waals surface area contributed by atoms with Gasteiger partial charge in [0.25, 0.3) is 0 Å². The van der Waals surface area contributed by atoms with Crippen molar-refractivity contribution < 1.29 is 9.59 Å². The number of Topliss-reactive ketones (excluding diaryl/α,β-unsaturated/α-hetero) is 2. The van der Waals surface area contributed by atoms with Gasteiger partial charge in [-0.2, -0.15) is 0 Å². The average molecular weight is 192 g/mol. The third-order valence-electron chi connectivity index (χ3n) is 4.80. The minimum absolute atomic E-state index is 0.245. The number of hydrogen-bond donors (Lipinski definition) is 0. The lowest BCUT2D eigenvalue weighted by atomic mass is 9.87. The molecule has 0 spiro atoms. The molecule has 0 N–H and O–H groups in total. The van der Waals surface area contributed by atoms with Crippen LogP contribution in [0.4, 0.5) is 0 Å². The van der Waals surface area contributed by atoms with E-state index in [1.54, 1.807) is 0 Å². The Morgan fingerprint density at radius 3 is 1.79 bits per heavy atom. The van der Waals surface area contributed by atoms with Crippen molar-refractivity contribution >= 4 is 11.6 Å². The monoisotopic (exact) mass is 192 g/mol. The van der Waals surface area contributed by atoms with Crippen LogP contribution in [-0.4, -0.2) is 11.6 Å². The molecule has 3 rings (SSSR count). The Hall–Kier alpha value is -0.660. The highest BCUT2D eigenvalue weighted by Crippen LogP contribution is 2.57. The number of hydrogen-bond acceptors (Lipinski definition) is 2. The Labute approximate surface area is 84.1 Å². The zero-order chi connectivity index (χ0) is 9.87. The van der Waals surface area contributed by atoms with Gasteiger partial charge in [0, 0.05) is 24.7 Å². The van der Waals surface area contributed by atoms with Crippen LogP contribution < -0.4 is 0 Å². The first kappa shape index (κ1) is 8.63. The molecule has 14 heavy (non-hydrogen) atoms. The van der Waals surface area contributed by atoms with Crippen LogP contribution in [0.25, 0.3) is 0 Å². The second-order valence-electron chi connectivity index (χ2n) is 5.25. The molecule has 3 fully saturated rings. The SMILES string of the molecule is CC1[C@H]2C(=O)CC[C@@H]2[C@H]2CCC(=O)[C@@H]12. The fourth-order valence-corrected chi connectivity index (χ4v) is 4.34. The minimum Gasteiger partial charge on any atom is -0.299 e. The number of fused-ring (bicyclic) bond motifs is 3. The first-order valence-electron chi connectivity index (χ1n) is 5.75. The van der Waals surface area contributed by atoms with Gasteiger partial charge in [-0.15, -0.1) is 0 Å². The van der Waals surface area contributed by atoms with E-state index in [0.717, 1.165) is 25.7 Å². The molecular weight excluding hydrogens is 176 g/mol. The van der Waals surface area contributed by atoms with E-state index >= 15 is 0 Å². The largest absolute Gasteiger partial charge is 0.299 e. The first-order valence-corrected chi connectivity index (χ1v) is 5.75. The van der Waals surface area contributed by atoms with Crippen LogP contribution in [0, 0.1) is 29.6 Å². The predicted octanol–water partition coefficient (Wildman–Crippen LogP) is 1.83. The zero-order valence-corrected chi connectivity index (χ0v) is 8.53. The summed E-state index contributed by atoms with van der Waals surface area (Å²) in [4.78, 5) is 23.4. The van der Waals surface area contributed by atoms with Gasteiger partial charge in [-0.25, -0.2) is 0 Å². The molecule has 3 aliphatic rings.